The van der Waals surface area contributed by atoms with Crippen LogP contribution < -0.4 is 0 Å². The molecule has 0 aliphatic heterocycles. The van der Waals surface area contributed by atoms with Crippen molar-refractivity contribution in [3.8, 4) is 0 Å². The fourth-order valence-electron chi connectivity index (χ4n) is 1.95. The molecule has 0 spiro atoms. The summed E-state index contributed by atoms with van der Waals surface area (Å²) in [6, 6.07) is 11.0. The van der Waals surface area contributed by atoms with Gasteiger partial charge < -0.3 is 0 Å². The number of allylic oxidation sites excluding steroid dienone is 1. The Bertz CT molecular complexity index is 514. The highest BCUT2D eigenvalue weighted by Gasteiger charge is 2.01. The first-order valence-electron chi connectivity index (χ1n) is 5.35. The van der Waals surface area contributed by atoms with Gasteiger partial charge in [-0.2, -0.15) is 0 Å². The molecule has 0 fully saturated rings. The van der Waals surface area contributed by atoms with Gasteiger partial charge in [-0.05, 0) is 42.7 Å². The van der Waals surface area contributed by atoms with Crippen molar-refractivity contribution in [2.45, 2.75) is 20.8 Å². The summed E-state index contributed by atoms with van der Waals surface area (Å²) in [7, 11) is 0. The lowest BCUT2D eigenvalue weighted by Crippen LogP contribution is -1.85. The number of fused-ring (bicyclic) bond motifs is 1. The van der Waals surface area contributed by atoms with Crippen molar-refractivity contribution in [2.75, 3.05) is 0 Å². The fourth-order valence-corrected chi connectivity index (χ4v) is 1.95. The van der Waals surface area contributed by atoms with E-state index in [4.69, 9.17) is 0 Å². The largest absolute Gasteiger partial charge is 0.0870 e. The van der Waals surface area contributed by atoms with Gasteiger partial charge in [0.25, 0.3) is 0 Å². The Hall–Kier alpha value is -1.56. The van der Waals surface area contributed by atoms with Gasteiger partial charge in [0.2, 0.25) is 0 Å². The predicted octanol–water partition coefficient (Wildman–Crippen LogP) is 4.49. The third-order valence-electron chi connectivity index (χ3n) is 2.77. The third-order valence-corrected chi connectivity index (χ3v) is 2.77. The Balaban J connectivity index is 2.84. The van der Waals surface area contributed by atoms with E-state index in [2.05, 4.69) is 63.3 Å². The zero-order chi connectivity index (χ0) is 10.8. The number of benzene rings is 2. The molecule has 0 radical (unpaired) electrons. The summed E-state index contributed by atoms with van der Waals surface area (Å²) < 4.78 is 0. The average Bonchev–Trinajstić information content (AvgIpc) is 2.23. The standard InChI is InChI=1S/C15H16/c1-4-5-14-12(3)7-9-13-8-6-11(2)10-15(13)14/h4-10H,1-3H3/b5-4+. The van der Waals surface area contributed by atoms with Gasteiger partial charge in [0.15, 0.2) is 0 Å². The van der Waals surface area contributed by atoms with E-state index < -0.39 is 0 Å². The summed E-state index contributed by atoms with van der Waals surface area (Å²) >= 11 is 0. The molecule has 0 atom stereocenters. The van der Waals surface area contributed by atoms with Gasteiger partial charge in [-0.25, -0.2) is 0 Å². The van der Waals surface area contributed by atoms with Crippen LogP contribution in [0.2, 0.25) is 0 Å². The van der Waals surface area contributed by atoms with Crippen molar-refractivity contribution < 1.29 is 0 Å². The smallest absolute Gasteiger partial charge is 0.0106 e. The van der Waals surface area contributed by atoms with Crippen molar-refractivity contribution in [1.82, 2.24) is 0 Å². The van der Waals surface area contributed by atoms with Crippen LogP contribution in [-0.2, 0) is 0 Å². The van der Waals surface area contributed by atoms with Gasteiger partial charge in [-0.15, -0.1) is 0 Å². The summed E-state index contributed by atoms with van der Waals surface area (Å²) in [5.41, 5.74) is 4.00. The zero-order valence-electron chi connectivity index (χ0n) is 9.54. The summed E-state index contributed by atoms with van der Waals surface area (Å²) in [6.07, 6.45) is 4.29. The van der Waals surface area contributed by atoms with E-state index in [9.17, 15) is 0 Å². The molecule has 76 valence electrons. The molecule has 0 bridgehead atoms. The summed E-state index contributed by atoms with van der Waals surface area (Å²) in [6.45, 7) is 6.37. The lowest BCUT2D eigenvalue weighted by Gasteiger charge is -2.07. The zero-order valence-corrected chi connectivity index (χ0v) is 9.54. The van der Waals surface area contributed by atoms with E-state index >= 15 is 0 Å². The quantitative estimate of drug-likeness (QED) is 0.630. The lowest BCUT2D eigenvalue weighted by atomic mass is 9.98. The molecule has 0 saturated heterocycles. The van der Waals surface area contributed by atoms with Crippen LogP contribution in [0.4, 0.5) is 0 Å². The lowest BCUT2D eigenvalue weighted by molar-refractivity contribution is 1.45. The van der Waals surface area contributed by atoms with Gasteiger partial charge in [0, 0.05) is 0 Å². The molecule has 0 N–H and O–H groups in total. The highest BCUT2D eigenvalue weighted by Crippen LogP contribution is 2.24. The molecule has 0 heterocycles. The number of rotatable bonds is 1. The fraction of sp³-hybridized carbons (Fsp3) is 0.200. The molecule has 0 unspecified atom stereocenters. The maximum atomic E-state index is 2.26. The van der Waals surface area contributed by atoms with E-state index in [1.807, 2.05) is 0 Å². The monoisotopic (exact) mass is 196 g/mol. The molecular weight excluding hydrogens is 180 g/mol. The van der Waals surface area contributed by atoms with Crippen LogP contribution >= 0.6 is 0 Å². The van der Waals surface area contributed by atoms with Gasteiger partial charge >= 0.3 is 0 Å². The van der Waals surface area contributed by atoms with E-state index in [1.54, 1.807) is 0 Å². The SMILES string of the molecule is C/C=C/c1c(C)ccc2ccc(C)cc12. The van der Waals surface area contributed by atoms with Crippen molar-refractivity contribution >= 4 is 16.8 Å². The molecule has 2 aromatic rings. The Labute approximate surface area is 91.2 Å². The third kappa shape index (κ3) is 1.80. The molecular formula is C15H16. The second-order valence-electron chi connectivity index (χ2n) is 4.02. The molecule has 2 aromatic carbocycles. The maximum Gasteiger partial charge on any atom is -0.0106 e. The van der Waals surface area contributed by atoms with Crippen LogP contribution in [-0.4, -0.2) is 0 Å². The summed E-state index contributed by atoms with van der Waals surface area (Å²) in [4.78, 5) is 0. The number of aryl methyl sites for hydroxylation is 2. The summed E-state index contributed by atoms with van der Waals surface area (Å²) in [5.74, 6) is 0. The molecule has 0 heteroatoms. The van der Waals surface area contributed by atoms with Crippen molar-refractivity contribution in [3.05, 3.63) is 53.1 Å². The average molecular weight is 196 g/mol. The highest BCUT2D eigenvalue weighted by molar-refractivity contribution is 5.92. The first kappa shape index (κ1) is 9.97. The number of hydrogen-bond donors (Lipinski definition) is 0. The minimum Gasteiger partial charge on any atom is -0.0870 e. The maximum absolute atomic E-state index is 2.26. The predicted molar refractivity (Wildman–Crippen MR) is 68.1 cm³/mol. The van der Waals surface area contributed by atoms with Gasteiger partial charge in [-0.1, -0.05) is 48.0 Å². The van der Waals surface area contributed by atoms with Gasteiger partial charge in [0.05, 0.1) is 0 Å². The Morgan fingerprint density at radius 2 is 1.73 bits per heavy atom. The second kappa shape index (κ2) is 3.90. The molecule has 0 aliphatic carbocycles. The van der Waals surface area contributed by atoms with Gasteiger partial charge in [-0.3, -0.25) is 0 Å². The van der Waals surface area contributed by atoms with Crippen molar-refractivity contribution in [1.29, 1.82) is 0 Å². The molecule has 0 nitrogen and oxygen atoms in total. The molecule has 0 saturated carbocycles. The van der Waals surface area contributed by atoms with Crippen LogP contribution in [0.15, 0.2) is 36.4 Å². The second-order valence-corrected chi connectivity index (χ2v) is 4.02. The highest BCUT2D eigenvalue weighted by atomic mass is 14.1. The van der Waals surface area contributed by atoms with Crippen LogP contribution in [0.1, 0.15) is 23.6 Å². The Morgan fingerprint density at radius 3 is 2.47 bits per heavy atom. The first-order valence-corrected chi connectivity index (χ1v) is 5.35. The minimum absolute atomic E-state index is 1.32. The molecule has 0 aliphatic rings. The van der Waals surface area contributed by atoms with Crippen LogP contribution in [0.5, 0.6) is 0 Å². The normalized spacial score (nSPS) is 11.4. The van der Waals surface area contributed by atoms with E-state index in [0.717, 1.165) is 0 Å². The Morgan fingerprint density at radius 1 is 1.00 bits per heavy atom. The Kier molecular flexibility index (Phi) is 2.59. The van der Waals surface area contributed by atoms with E-state index in [0.29, 0.717) is 0 Å². The first-order chi connectivity index (χ1) is 7.22. The topological polar surface area (TPSA) is 0 Å². The van der Waals surface area contributed by atoms with E-state index in [1.165, 1.54) is 27.5 Å². The molecule has 2 rings (SSSR count). The van der Waals surface area contributed by atoms with E-state index in [-0.39, 0.29) is 0 Å². The van der Waals surface area contributed by atoms with Crippen LogP contribution in [0.3, 0.4) is 0 Å². The number of hydrogen-bond acceptors (Lipinski definition) is 0. The molecule has 0 aromatic heterocycles. The van der Waals surface area contributed by atoms with Gasteiger partial charge in [0.1, 0.15) is 0 Å². The van der Waals surface area contributed by atoms with Crippen LogP contribution in [0.25, 0.3) is 16.8 Å². The van der Waals surface area contributed by atoms with Crippen molar-refractivity contribution in [3.63, 3.8) is 0 Å². The van der Waals surface area contributed by atoms with Crippen molar-refractivity contribution in [2.24, 2.45) is 0 Å². The van der Waals surface area contributed by atoms with Crippen LogP contribution in [0, 0.1) is 13.8 Å². The molecule has 15 heavy (non-hydrogen) atoms. The minimum atomic E-state index is 1.32. The summed E-state index contributed by atoms with van der Waals surface area (Å²) in [5, 5.41) is 2.67. The molecule has 0 amide bonds.